The molecule has 3 aromatic carbocycles. The van der Waals surface area contributed by atoms with E-state index in [9.17, 15) is 13.6 Å². The van der Waals surface area contributed by atoms with Crippen molar-refractivity contribution in [2.24, 2.45) is 5.92 Å². The standard InChI is InChI=1S/C30H35F2NO2/c1-6-8-22-11-12-24(35-18-26-27(31)9-7-10-28(26)32)17-25(22)30(34)33-29(13-19(2)3)23-15-20(4)14-21(5)16-23/h7,9-12,14-17,19,29H,6,8,13,18H2,1-5H3,(H,33,34). The Morgan fingerprint density at radius 2 is 1.63 bits per heavy atom. The Bertz CT molecular complexity index is 1130. The lowest BCUT2D eigenvalue weighted by molar-refractivity contribution is 0.0930. The van der Waals surface area contributed by atoms with Gasteiger partial charge in [0.2, 0.25) is 0 Å². The van der Waals surface area contributed by atoms with E-state index in [0.29, 0.717) is 17.2 Å². The van der Waals surface area contributed by atoms with E-state index in [1.165, 1.54) is 18.2 Å². The predicted octanol–water partition coefficient (Wildman–Crippen LogP) is 7.63. The van der Waals surface area contributed by atoms with Crippen LogP contribution in [0.4, 0.5) is 8.78 Å². The Morgan fingerprint density at radius 1 is 0.971 bits per heavy atom. The molecule has 0 aliphatic heterocycles. The molecule has 1 atom stereocenters. The van der Waals surface area contributed by atoms with Crippen LogP contribution in [-0.2, 0) is 13.0 Å². The zero-order valence-corrected chi connectivity index (χ0v) is 21.3. The van der Waals surface area contributed by atoms with Crippen molar-refractivity contribution >= 4 is 5.91 Å². The van der Waals surface area contributed by atoms with Crippen molar-refractivity contribution in [1.29, 1.82) is 0 Å². The van der Waals surface area contributed by atoms with Crippen molar-refractivity contribution in [2.75, 3.05) is 0 Å². The molecule has 1 amide bonds. The first kappa shape index (κ1) is 26.4. The maximum atomic E-state index is 14.0. The summed E-state index contributed by atoms with van der Waals surface area (Å²) in [7, 11) is 0. The minimum absolute atomic E-state index is 0.132. The molecule has 35 heavy (non-hydrogen) atoms. The number of benzene rings is 3. The summed E-state index contributed by atoms with van der Waals surface area (Å²) in [6, 6.07) is 15.2. The van der Waals surface area contributed by atoms with Crippen LogP contribution in [0.3, 0.4) is 0 Å². The molecule has 0 aromatic heterocycles. The predicted molar refractivity (Wildman–Crippen MR) is 137 cm³/mol. The van der Waals surface area contributed by atoms with Crippen LogP contribution in [0.15, 0.2) is 54.6 Å². The number of aryl methyl sites for hydroxylation is 3. The van der Waals surface area contributed by atoms with E-state index in [-0.39, 0.29) is 24.1 Å². The third-order valence-corrected chi connectivity index (χ3v) is 5.95. The molecule has 0 bridgehead atoms. The Morgan fingerprint density at radius 3 is 2.23 bits per heavy atom. The van der Waals surface area contributed by atoms with Crippen LogP contribution >= 0.6 is 0 Å². The average molecular weight is 480 g/mol. The van der Waals surface area contributed by atoms with Gasteiger partial charge in [-0.15, -0.1) is 0 Å². The molecular weight excluding hydrogens is 444 g/mol. The summed E-state index contributed by atoms with van der Waals surface area (Å²) in [5, 5.41) is 3.24. The maximum absolute atomic E-state index is 14.0. The van der Waals surface area contributed by atoms with E-state index in [2.05, 4.69) is 58.1 Å². The SMILES string of the molecule is CCCc1ccc(OCc2c(F)cccc2F)cc1C(=O)NC(CC(C)C)c1cc(C)cc(C)c1. The Labute approximate surface area is 207 Å². The zero-order chi connectivity index (χ0) is 25.5. The first-order valence-electron chi connectivity index (χ1n) is 12.3. The van der Waals surface area contributed by atoms with Crippen molar-refractivity contribution in [3.05, 3.63) is 99.6 Å². The summed E-state index contributed by atoms with van der Waals surface area (Å²) in [5.74, 6) is -0.710. The minimum atomic E-state index is -0.657. The number of rotatable bonds is 10. The fourth-order valence-corrected chi connectivity index (χ4v) is 4.37. The van der Waals surface area contributed by atoms with Crippen molar-refractivity contribution < 1.29 is 18.3 Å². The second-order valence-corrected chi connectivity index (χ2v) is 9.63. The second kappa shape index (κ2) is 12.0. The van der Waals surface area contributed by atoms with E-state index in [0.717, 1.165) is 41.5 Å². The van der Waals surface area contributed by atoms with Crippen LogP contribution in [0.5, 0.6) is 5.75 Å². The highest BCUT2D eigenvalue weighted by molar-refractivity contribution is 5.96. The summed E-state index contributed by atoms with van der Waals surface area (Å²) in [4.78, 5) is 13.5. The van der Waals surface area contributed by atoms with Gasteiger partial charge in [-0.05, 0) is 68.0 Å². The third kappa shape index (κ3) is 7.14. The molecule has 1 N–H and O–H groups in total. The lowest BCUT2D eigenvalue weighted by Crippen LogP contribution is -2.30. The van der Waals surface area contributed by atoms with E-state index < -0.39 is 11.6 Å². The van der Waals surface area contributed by atoms with Crippen LogP contribution in [-0.4, -0.2) is 5.91 Å². The van der Waals surface area contributed by atoms with E-state index in [1.54, 1.807) is 12.1 Å². The smallest absolute Gasteiger partial charge is 0.252 e. The van der Waals surface area contributed by atoms with Gasteiger partial charge >= 0.3 is 0 Å². The molecule has 0 saturated carbocycles. The minimum Gasteiger partial charge on any atom is -0.489 e. The van der Waals surface area contributed by atoms with Crippen LogP contribution in [0.25, 0.3) is 0 Å². The van der Waals surface area contributed by atoms with Gasteiger partial charge in [0, 0.05) is 5.56 Å². The Hall–Kier alpha value is -3.21. The summed E-state index contributed by atoms with van der Waals surface area (Å²) in [6.45, 7) is 10.2. The van der Waals surface area contributed by atoms with Gasteiger partial charge < -0.3 is 10.1 Å². The number of hydrogen-bond donors (Lipinski definition) is 1. The molecular formula is C30H35F2NO2. The van der Waals surface area contributed by atoms with Crippen molar-refractivity contribution in [1.82, 2.24) is 5.32 Å². The number of ether oxygens (including phenoxy) is 1. The summed E-state index contributed by atoms with van der Waals surface area (Å²) in [5.41, 5.74) is 4.71. The maximum Gasteiger partial charge on any atom is 0.252 e. The third-order valence-electron chi connectivity index (χ3n) is 5.95. The molecule has 5 heteroatoms. The van der Waals surface area contributed by atoms with Crippen molar-refractivity contribution in [2.45, 2.75) is 66.5 Å². The van der Waals surface area contributed by atoms with E-state index in [1.807, 2.05) is 6.07 Å². The lowest BCUT2D eigenvalue weighted by atomic mass is 9.93. The first-order valence-corrected chi connectivity index (χ1v) is 12.3. The lowest BCUT2D eigenvalue weighted by Gasteiger charge is -2.23. The number of hydrogen-bond acceptors (Lipinski definition) is 2. The summed E-state index contributed by atoms with van der Waals surface area (Å²) < 4.78 is 33.7. The van der Waals surface area contributed by atoms with Crippen molar-refractivity contribution in [3.63, 3.8) is 0 Å². The van der Waals surface area contributed by atoms with Crippen LogP contribution < -0.4 is 10.1 Å². The highest BCUT2D eigenvalue weighted by Crippen LogP contribution is 2.26. The number of carbonyl (C=O) groups excluding carboxylic acids is 1. The number of amides is 1. The molecule has 0 spiro atoms. The number of nitrogens with one attached hydrogen (secondary N) is 1. The number of halogens is 2. The normalized spacial score (nSPS) is 12.0. The van der Waals surface area contributed by atoms with Gasteiger partial charge in [0.1, 0.15) is 24.0 Å². The fourth-order valence-electron chi connectivity index (χ4n) is 4.37. The van der Waals surface area contributed by atoms with Crippen molar-refractivity contribution in [3.8, 4) is 5.75 Å². The van der Waals surface area contributed by atoms with Gasteiger partial charge in [-0.1, -0.05) is 68.7 Å². The van der Waals surface area contributed by atoms with Gasteiger partial charge in [-0.2, -0.15) is 0 Å². The monoisotopic (exact) mass is 479 g/mol. The topological polar surface area (TPSA) is 38.3 Å². The quantitative estimate of drug-likeness (QED) is 0.325. The summed E-state index contributed by atoms with van der Waals surface area (Å²) >= 11 is 0. The average Bonchev–Trinajstić information content (AvgIpc) is 2.78. The molecule has 186 valence electrons. The van der Waals surface area contributed by atoms with E-state index >= 15 is 0 Å². The zero-order valence-electron chi connectivity index (χ0n) is 21.3. The summed E-state index contributed by atoms with van der Waals surface area (Å²) in [6.07, 6.45) is 2.43. The Balaban J connectivity index is 1.87. The fraction of sp³-hybridized carbons (Fsp3) is 0.367. The molecule has 3 aromatic rings. The molecule has 0 aliphatic carbocycles. The Kier molecular flexibility index (Phi) is 9.02. The molecule has 3 rings (SSSR count). The first-order chi connectivity index (χ1) is 16.7. The van der Waals surface area contributed by atoms with Gasteiger partial charge in [0.05, 0.1) is 11.6 Å². The molecule has 0 heterocycles. The second-order valence-electron chi connectivity index (χ2n) is 9.63. The molecule has 1 unspecified atom stereocenters. The molecule has 0 saturated heterocycles. The van der Waals surface area contributed by atoms with Crippen LogP contribution in [0.1, 0.15) is 77.8 Å². The molecule has 0 fully saturated rings. The van der Waals surface area contributed by atoms with E-state index in [4.69, 9.17) is 4.74 Å². The molecule has 0 aliphatic rings. The van der Waals surface area contributed by atoms with Gasteiger partial charge in [0.25, 0.3) is 5.91 Å². The van der Waals surface area contributed by atoms with Gasteiger partial charge in [0.15, 0.2) is 0 Å². The van der Waals surface area contributed by atoms with Gasteiger partial charge in [-0.25, -0.2) is 8.78 Å². The van der Waals surface area contributed by atoms with Crippen LogP contribution in [0.2, 0.25) is 0 Å². The van der Waals surface area contributed by atoms with Crippen LogP contribution in [0, 0.1) is 31.4 Å². The van der Waals surface area contributed by atoms with Gasteiger partial charge in [-0.3, -0.25) is 4.79 Å². The number of carbonyl (C=O) groups is 1. The molecule has 0 radical (unpaired) electrons. The largest absolute Gasteiger partial charge is 0.489 e. The highest BCUT2D eigenvalue weighted by Gasteiger charge is 2.20. The highest BCUT2D eigenvalue weighted by atomic mass is 19.1. The molecule has 3 nitrogen and oxygen atoms in total.